The molecule has 2 aromatic carbocycles. The van der Waals surface area contributed by atoms with E-state index in [1.54, 1.807) is 11.3 Å². The molecule has 1 N–H and O–H groups in total. The van der Waals surface area contributed by atoms with Crippen molar-refractivity contribution in [3.05, 3.63) is 80.7 Å². The first-order valence-electron chi connectivity index (χ1n) is 14.7. The van der Waals surface area contributed by atoms with Gasteiger partial charge in [0, 0.05) is 23.9 Å². The average molecular weight is 713 g/mol. The maximum Gasteiger partial charge on any atom is 1.00 e. The van der Waals surface area contributed by atoms with E-state index in [0.29, 0.717) is 25.8 Å². The van der Waals surface area contributed by atoms with Crippen molar-refractivity contribution < 1.29 is 66.2 Å². The molecule has 46 heavy (non-hydrogen) atoms. The summed E-state index contributed by atoms with van der Waals surface area (Å²) in [6.45, 7) is 6.60. The van der Waals surface area contributed by atoms with Crippen LogP contribution in [0.2, 0.25) is 0 Å². The van der Waals surface area contributed by atoms with E-state index in [2.05, 4.69) is 16.7 Å². The quantitative estimate of drug-likeness (QED) is 0.130. The molecule has 0 saturated carbocycles. The minimum atomic E-state index is -4.44. The molecule has 1 atom stereocenters. The van der Waals surface area contributed by atoms with Gasteiger partial charge in [-0.05, 0) is 73.2 Å². The number of thioether (sulfide) groups is 1. The number of rotatable bonds is 12. The van der Waals surface area contributed by atoms with Crippen LogP contribution in [0.5, 0.6) is 5.88 Å². The molecular weight excluding hydrogens is 676 g/mol. The molecule has 0 spiro atoms. The number of unbranched alkanes of at least 4 members (excludes halogenated alkanes) is 1. The average Bonchev–Trinajstić information content (AvgIpc) is 3.49. The van der Waals surface area contributed by atoms with Gasteiger partial charge >= 0.3 is 35.4 Å². The Hall–Kier alpha value is -1.94. The van der Waals surface area contributed by atoms with Crippen molar-refractivity contribution in [2.24, 2.45) is 0 Å². The number of fused-ring (bicyclic) bond motifs is 2. The van der Waals surface area contributed by atoms with Gasteiger partial charge in [0.15, 0.2) is 6.54 Å². The second kappa shape index (κ2) is 15.5. The summed E-state index contributed by atoms with van der Waals surface area (Å²) >= 11 is 3.12. The molecule has 0 radical (unpaired) electrons. The number of aromatic nitrogens is 1. The zero-order valence-corrected chi connectivity index (χ0v) is 31.6. The number of thiazole rings is 1. The Bertz CT molecular complexity index is 1890. The monoisotopic (exact) mass is 712 g/mol. The fourth-order valence-corrected chi connectivity index (χ4v) is 8.46. The van der Waals surface area contributed by atoms with Gasteiger partial charge < -0.3 is 15.6 Å². The largest absolute Gasteiger partial charge is 1.00 e. The second-order valence-corrected chi connectivity index (χ2v) is 16.2. The normalized spacial score (nSPS) is 17.3. The van der Waals surface area contributed by atoms with E-state index in [1.807, 2.05) is 80.3 Å². The first kappa shape index (κ1) is 36.9. The summed E-state index contributed by atoms with van der Waals surface area (Å²) in [5.74, 6) is -0.0857. The Labute approximate surface area is 303 Å². The van der Waals surface area contributed by atoms with Crippen LogP contribution in [-0.4, -0.2) is 50.1 Å². The molecule has 14 heteroatoms. The van der Waals surface area contributed by atoms with Crippen molar-refractivity contribution in [1.82, 2.24) is 0 Å². The predicted octanol–water partition coefficient (Wildman–Crippen LogP) is 3.46. The third-order valence-corrected chi connectivity index (χ3v) is 11.3. The third-order valence-electron chi connectivity index (χ3n) is 7.69. The summed E-state index contributed by atoms with van der Waals surface area (Å²) in [6.07, 6.45) is 7.66. The van der Waals surface area contributed by atoms with E-state index in [9.17, 15) is 25.9 Å². The zero-order chi connectivity index (χ0) is 32.4. The van der Waals surface area contributed by atoms with Crippen molar-refractivity contribution in [3.63, 3.8) is 0 Å². The minimum absolute atomic E-state index is 0. The molecule has 5 rings (SSSR count). The maximum absolute atomic E-state index is 11.7. The molecular formula is C32H37N2NaO7S4. The number of benzene rings is 2. The molecule has 3 aromatic rings. The topological polar surface area (TPSA) is 128 Å². The SMILES string of the molecule is CCC(=Cc1sc2c([n+]1CCCCS(=O)(=O)O)OC(C)C(C)=C2)C=C1Sc2ccc(-c3ccccc3)cc2N1CCS(=O)(=O)[O-].[H-].[Na+]. The van der Waals surface area contributed by atoms with Gasteiger partial charge in [-0.1, -0.05) is 66.4 Å². The van der Waals surface area contributed by atoms with Crippen molar-refractivity contribution in [2.45, 2.75) is 57.6 Å². The maximum atomic E-state index is 11.7. The summed E-state index contributed by atoms with van der Waals surface area (Å²) in [5, 5.41) is 1.76. The fraction of sp³-hybridized carbons (Fsp3) is 0.344. The van der Waals surface area contributed by atoms with Crippen LogP contribution >= 0.6 is 23.1 Å². The molecule has 2 aliphatic heterocycles. The van der Waals surface area contributed by atoms with Gasteiger partial charge in [-0.25, -0.2) is 8.42 Å². The van der Waals surface area contributed by atoms with E-state index in [1.165, 1.54) is 11.8 Å². The molecule has 1 aromatic heterocycles. The summed E-state index contributed by atoms with van der Waals surface area (Å²) < 4.78 is 75.1. The summed E-state index contributed by atoms with van der Waals surface area (Å²) in [7, 11) is -8.47. The number of allylic oxidation sites excluding steroid dienone is 2. The molecule has 242 valence electrons. The van der Waals surface area contributed by atoms with E-state index in [-0.39, 0.29) is 49.4 Å². The fourth-order valence-electron chi connectivity index (χ4n) is 5.13. The number of ether oxygens (including phenoxy) is 1. The van der Waals surface area contributed by atoms with Crippen LogP contribution in [0.25, 0.3) is 23.3 Å². The Kier molecular flexibility index (Phi) is 12.4. The van der Waals surface area contributed by atoms with Gasteiger partial charge in [0.05, 0.1) is 32.3 Å². The molecule has 1 unspecified atom stereocenters. The summed E-state index contributed by atoms with van der Waals surface area (Å²) in [6, 6.07) is 16.0. The first-order valence-corrected chi connectivity index (χ1v) is 19.5. The second-order valence-electron chi connectivity index (χ2n) is 11.0. The van der Waals surface area contributed by atoms with Crippen LogP contribution < -0.4 is 43.8 Å². The molecule has 2 aliphatic rings. The van der Waals surface area contributed by atoms with E-state index in [4.69, 9.17) is 4.74 Å². The van der Waals surface area contributed by atoms with Gasteiger partial charge in [-0.15, -0.1) is 0 Å². The first-order chi connectivity index (χ1) is 21.3. The van der Waals surface area contributed by atoms with Crippen LogP contribution in [0.3, 0.4) is 0 Å². The van der Waals surface area contributed by atoms with Crippen LogP contribution in [-0.2, 0) is 26.8 Å². The molecule has 3 heterocycles. The van der Waals surface area contributed by atoms with Crippen molar-refractivity contribution in [1.29, 1.82) is 0 Å². The molecule has 0 fully saturated rings. The molecule has 9 nitrogen and oxygen atoms in total. The van der Waals surface area contributed by atoms with E-state index in [0.717, 1.165) is 53.6 Å². The Morgan fingerprint density at radius 2 is 1.85 bits per heavy atom. The number of nitrogens with zero attached hydrogens (tertiary/aromatic N) is 2. The number of anilines is 1. The summed E-state index contributed by atoms with van der Waals surface area (Å²) in [4.78, 5) is 3.86. The Morgan fingerprint density at radius 3 is 2.52 bits per heavy atom. The number of hydrogen-bond acceptors (Lipinski definition) is 9. The molecule has 0 aliphatic carbocycles. The van der Waals surface area contributed by atoms with Crippen LogP contribution in [0.1, 0.15) is 51.3 Å². The van der Waals surface area contributed by atoms with E-state index < -0.39 is 26.0 Å². The van der Waals surface area contributed by atoms with Crippen molar-refractivity contribution in [2.75, 3.05) is 23.0 Å². The number of hydrogen-bond donors (Lipinski definition) is 1. The van der Waals surface area contributed by atoms with Gasteiger partial charge in [0.2, 0.25) is 0 Å². The van der Waals surface area contributed by atoms with Crippen LogP contribution in [0, 0.1) is 0 Å². The van der Waals surface area contributed by atoms with E-state index >= 15 is 0 Å². The third kappa shape index (κ3) is 9.36. The van der Waals surface area contributed by atoms with Crippen LogP contribution in [0.4, 0.5) is 5.69 Å². The smallest absolute Gasteiger partial charge is 1.00 e. The Morgan fingerprint density at radius 1 is 1.11 bits per heavy atom. The van der Waals surface area contributed by atoms with Crippen molar-refractivity contribution in [3.8, 4) is 17.0 Å². The summed E-state index contributed by atoms with van der Waals surface area (Å²) in [5.41, 5.74) is 4.98. The van der Waals surface area contributed by atoms with Gasteiger partial charge in [-0.2, -0.15) is 13.0 Å². The van der Waals surface area contributed by atoms with Crippen LogP contribution in [0.15, 0.2) is 75.7 Å². The van der Waals surface area contributed by atoms with Crippen molar-refractivity contribution >= 4 is 61.2 Å². The van der Waals surface area contributed by atoms with Gasteiger partial charge in [0.1, 0.15) is 11.0 Å². The Balaban J connectivity index is 0.00000300. The predicted molar refractivity (Wildman–Crippen MR) is 181 cm³/mol. The minimum Gasteiger partial charge on any atom is -1.00 e. The standard InChI is InChI=1S/C32H36N2O7S4.Na.H/c1-4-24(20-31-34(14-8-9-16-44(35,36)37)32-29(43-31)18-22(2)23(3)41-32)19-30-33(15-17-45(38,39)40)27-21-26(12-13-28(27)42-30)25-10-6-5-7-11-25;;/h5-7,10-13,18-21,23H,4,8-9,14-17H2,1-3H3,(H-,35,36,37,38,39,40);;/q;+1;-1. The zero-order valence-electron chi connectivity index (χ0n) is 27.3. The molecule has 0 amide bonds. The van der Waals surface area contributed by atoms with Gasteiger partial charge in [-0.3, -0.25) is 4.55 Å². The molecule has 0 bridgehead atoms. The van der Waals surface area contributed by atoms with Gasteiger partial charge in [0.25, 0.3) is 15.1 Å². The molecule has 0 saturated heterocycles.